The van der Waals surface area contributed by atoms with Crippen LogP contribution in [0.25, 0.3) is 0 Å². The van der Waals surface area contributed by atoms with Crippen LogP contribution >= 0.6 is 0 Å². The molecule has 2 rings (SSSR count). The van der Waals surface area contributed by atoms with Crippen molar-refractivity contribution >= 4 is 5.78 Å². The minimum atomic E-state index is -0.631. The van der Waals surface area contributed by atoms with Crippen molar-refractivity contribution in [2.24, 2.45) is 5.92 Å². The van der Waals surface area contributed by atoms with Crippen molar-refractivity contribution in [1.82, 2.24) is 0 Å². The predicted molar refractivity (Wildman–Crippen MR) is 72.4 cm³/mol. The number of Topliss-reactive ketones (excluding diaryl/α,β-unsaturated/α-hetero) is 1. The van der Waals surface area contributed by atoms with E-state index in [0.29, 0.717) is 6.42 Å². The van der Waals surface area contributed by atoms with Gasteiger partial charge in [0, 0.05) is 12.3 Å². The number of carbonyl (C=O) groups is 1. The molecule has 2 unspecified atom stereocenters. The summed E-state index contributed by atoms with van der Waals surface area (Å²) in [6, 6.07) is 8.02. The third-order valence-corrected chi connectivity index (χ3v) is 3.85. The molecule has 1 N–H and O–H groups in total. The largest absolute Gasteiger partial charge is 0.388 e. The maximum Gasteiger partial charge on any atom is 0.138 e. The fourth-order valence-electron chi connectivity index (χ4n) is 2.59. The van der Waals surface area contributed by atoms with E-state index in [0.717, 1.165) is 18.4 Å². The van der Waals surface area contributed by atoms with Gasteiger partial charge in [-0.05, 0) is 29.4 Å². The molecule has 0 radical (unpaired) electrons. The Bertz CT molecular complexity index is 425. The van der Waals surface area contributed by atoms with Gasteiger partial charge in [0.1, 0.15) is 5.78 Å². The van der Waals surface area contributed by atoms with Crippen molar-refractivity contribution in [3.8, 4) is 0 Å². The Hall–Kier alpha value is -1.15. The van der Waals surface area contributed by atoms with Gasteiger partial charge in [-0.3, -0.25) is 4.79 Å². The van der Waals surface area contributed by atoms with Gasteiger partial charge in [-0.25, -0.2) is 0 Å². The summed E-state index contributed by atoms with van der Waals surface area (Å²) in [5.41, 5.74) is 2.23. The molecular formula is C16H22O2. The zero-order valence-electron chi connectivity index (χ0n) is 11.4. The second-order valence-corrected chi connectivity index (χ2v) is 6.28. The molecule has 0 bridgehead atoms. The maximum absolute atomic E-state index is 11.7. The highest BCUT2D eigenvalue weighted by molar-refractivity contribution is 5.83. The number of ketones is 1. The zero-order chi connectivity index (χ0) is 13.3. The molecule has 0 spiro atoms. The molecule has 2 heteroatoms. The molecule has 2 atom stereocenters. The van der Waals surface area contributed by atoms with Gasteiger partial charge in [0.2, 0.25) is 0 Å². The van der Waals surface area contributed by atoms with E-state index < -0.39 is 6.10 Å². The van der Waals surface area contributed by atoms with Gasteiger partial charge in [0.25, 0.3) is 0 Å². The molecule has 0 aromatic heterocycles. The highest BCUT2D eigenvalue weighted by atomic mass is 16.3. The number of hydrogen-bond acceptors (Lipinski definition) is 2. The van der Waals surface area contributed by atoms with E-state index in [1.54, 1.807) is 0 Å². The lowest BCUT2D eigenvalue weighted by atomic mass is 9.85. The van der Waals surface area contributed by atoms with Crippen molar-refractivity contribution in [1.29, 1.82) is 0 Å². The smallest absolute Gasteiger partial charge is 0.138 e. The van der Waals surface area contributed by atoms with Crippen LogP contribution in [0.3, 0.4) is 0 Å². The van der Waals surface area contributed by atoms with Crippen LogP contribution in [0.4, 0.5) is 0 Å². The highest BCUT2D eigenvalue weighted by Gasteiger charge is 2.31. The number of aliphatic hydroxyl groups excluding tert-OH is 1. The van der Waals surface area contributed by atoms with E-state index in [9.17, 15) is 9.90 Å². The van der Waals surface area contributed by atoms with Crippen LogP contribution in [-0.4, -0.2) is 10.9 Å². The molecule has 1 saturated carbocycles. The van der Waals surface area contributed by atoms with E-state index in [1.807, 2.05) is 12.1 Å². The van der Waals surface area contributed by atoms with Crippen molar-refractivity contribution in [3.63, 3.8) is 0 Å². The number of hydrogen-bond donors (Lipinski definition) is 1. The van der Waals surface area contributed by atoms with Crippen molar-refractivity contribution in [3.05, 3.63) is 35.4 Å². The van der Waals surface area contributed by atoms with E-state index in [1.165, 1.54) is 5.56 Å². The van der Waals surface area contributed by atoms with Crippen molar-refractivity contribution in [2.75, 3.05) is 0 Å². The van der Waals surface area contributed by atoms with Gasteiger partial charge < -0.3 is 5.11 Å². The first-order chi connectivity index (χ1) is 8.39. The van der Waals surface area contributed by atoms with Crippen LogP contribution in [0.2, 0.25) is 0 Å². The molecule has 1 aliphatic carbocycles. The minimum absolute atomic E-state index is 0.118. The number of carbonyl (C=O) groups excluding carboxylic acids is 1. The second kappa shape index (κ2) is 4.85. The molecule has 0 amide bonds. The lowest BCUT2D eigenvalue weighted by Crippen LogP contribution is -2.17. The number of benzene rings is 1. The van der Waals surface area contributed by atoms with Crippen molar-refractivity contribution in [2.45, 2.75) is 51.6 Å². The summed E-state index contributed by atoms with van der Waals surface area (Å²) in [5, 5.41) is 10.3. The summed E-state index contributed by atoms with van der Waals surface area (Å²) in [7, 11) is 0. The quantitative estimate of drug-likeness (QED) is 0.868. The van der Waals surface area contributed by atoms with Crippen LogP contribution < -0.4 is 0 Å². The Morgan fingerprint density at radius 2 is 1.83 bits per heavy atom. The number of aliphatic hydroxyl groups is 1. The SMILES string of the molecule is CC(C)(C)c1ccc(C(O)C2CCCC2=O)cc1. The lowest BCUT2D eigenvalue weighted by Gasteiger charge is -2.21. The molecule has 1 fully saturated rings. The Morgan fingerprint density at radius 1 is 1.22 bits per heavy atom. The van der Waals surface area contributed by atoms with E-state index in [2.05, 4.69) is 32.9 Å². The third-order valence-electron chi connectivity index (χ3n) is 3.85. The first kappa shape index (κ1) is 13.3. The summed E-state index contributed by atoms with van der Waals surface area (Å²) in [6.45, 7) is 6.50. The average molecular weight is 246 g/mol. The first-order valence-corrected chi connectivity index (χ1v) is 6.71. The topological polar surface area (TPSA) is 37.3 Å². The Labute approximate surface area is 109 Å². The fraction of sp³-hybridized carbons (Fsp3) is 0.562. The van der Waals surface area contributed by atoms with Gasteiger partial charge in [-0.1, -0.05) is 45.0 Å². The summed E-state index contributed by atoms with van der Waals surface area (Å²) in [5.74, 6) is 0.0212. The molecular weight excluding hydrogens is 224 g/mol. The zero-order valence-corrected chi connectivity index (χ0v) is 11.4. The molecule has 1 aliphatic rings. The van der Waals surface area contributed by atoms with E-state index >= 15 is 0 Å². The van der Waals surface area contributed by atoms with Gasteiger partial charge in [-0.2, -0.15) is 0 Å². The van der Waals surface area contributed by atoms with Gasteiger partial charge >= 0.3 is 0 Å². The summed E-state index contributed by atoms with van der Waals surface area (Å²) < 4.78 is 0. The molecule has 18 heavy (non-hydrogen) atoms. The molecule has 0 saturated heterocycles. The van der Waals surface area contributed by atoms with Crippen LogP contribution in [0.1, 0.15) is 57.3 Å². The van der Waals surface area contributed by atoms with Gasteiger partial charge in [-0.15, -0.1) is 0 Å². The highest BCUT2D eigenvalue weighted by Crippen LogP contribution is 2.34. The Balaban J connectivity index is 2.17. The first-order valence-electron chi connectivity index (χ1n) is 6.71. The van der Waals surface area contributed by atoms with Crippen LogP contribution in [-0.2, 0) is 10.2 Å². The van der Waals surface area contributed by atoms with E-state index in [4.69, 9.17) is 0 Å². The summed E-state index contributed by atoms with van der Waals surface area (Å²) in [6.07, 6.45) is 1.73. The third kappa shape index (κ3) is 2.64. The van der Waals surface area contributed by atoms with Crippen LogP contribution in [0.15, 0.2) is 24.3 Å². The van der Waals surface area contributed by atoms with Crippen LogP contribution in [0, 0.1) is 5.92 Å². The molecule has 1 aromatic rings. The number of rotatable bonds is 2. The monoisotopic (exact) mass is 246 g/mol. The lowest BCUT2D eigenvalue weighted by molar-refractivity contribution is -0.123. The van der Waals surface area contributed by atoms with Gasteiger partial charge in [0.05, 0.1) is 6.10 Å². The van der Waals surface area contributed by atoms with E-state index in [-0.39, 0.29) is 17.1 Å². The minimum Gasteiger partial charge on any atom is -0.388 e. The molecule has 0 heterocycles. The standard InChI is InChI=1S/C16H22O2/c1-16(2,3)12-9-7-11(8-10-12)15(18)13-5-4-6-14(13)17/h7-10,13,15,18H,4-6H2,1-3H3. The molecule has 0 aliphatic heterocycles. The van der Waals surface area contributed by atoms with Crippen molar-refractivity contribution < 1.29 is 9.90 Å². The maximum atomic E-state index is 11.7. The predicted octanol–water partition coefficient (Wildman–Crippen LogP) is 3.39. The summed E-state index contributed by atoms with van der Waals surface area (Å²) >= 11 is 0. The Kier molecular flexibility index (Phi) is 3.58. The summed E-state index contributed by atoms with van der Waals surface area (Å²) in [4.78, 5) is 11.7. The average Bonchev–Trinajstić information content (AvgIpc) is 2.73. The van der Waals surface area contributed by atoms with Crippen LogP contribution in [0.5, 0.6) is 0 Å². The normalized spacial score (nSPS) is 22.2. The van der Waals surface area contributed by atoms with Gasteiger partial charge in [0.15, 0.2) is 0 Å². The second-order valence-electron chi connectivity index (χ2n) is 6.28. The molecule has 98 valence electrons. The fourth-order valence-corrected chi connectivity index (χ4v) is 2.59. The Morgan fingerprint density at radius 3 is 2.28 bits per heavy atom. The molecule has 1 aromatic carbocycles. The molecule has 2 nitrogen and oxygen atoms in total.